The second-order valence-electron chi connectivity index (χ2n) is 6.96. The Hall–Kier alpha value is -1.48. The predicted octanol–water partition coefficient (Wildman–Crippen LogP) is 4.96. The summed E-state index contributed by atoms with van der Waals surface area (Å²) in [5.74, 6) is 4.92. The van der Waals surface area contributed by atoms with Gasteiger partial charge in [0, 0.05) is 0 Å². The molecule has 0 aliphatic carbocycles. The molecule has 0 bridgehead atoms. The van der Waals surface area contributed by atoms with Gasteiger partial charge >= 0.3 is 195 Å². The van der Waals surface area contributed by atoms with Gasteiger partial charge in [-0.05, 0) is 0 Å². The average Bonchev–Trinajstić information content (AvgIpc) is 2.84. The molecular formula is C26H22P2Se2. The second kappa shape index (κ2) is 9.76. The van der Waals surface area contributed by atoms with E-state index < -0.39 is 11.0 Å². The fourth-order valence-corrected chi connectivity index (χ4v) is 13.8. The first-order chi connectivity index (χ1) is 14.6. The van der Waals surface area contributed by atoms with Crippen LogP contribution in [-0.2, 0) is 0 Å². The van der Waals surface area contributed by atoms with E-state index in [1.807, 2.05) is 0 Å². The molecule has 0 saturated carbocycles. The van der Waals surface area contributed by atoms with E-state index in [1.165, 1.54) is 21.2 Å². The first-order valence-corrected chi connectivity index (χ1v) is 17.9. The van der Waals surface area contributed by atoms with Gasteiger partial charge in [0.25, 0.3) is 0 Å². The molecule has 4 aromatic carbocycles. The minimum atomic E-state index is -1.81. The van der Waals surface area contributed by atoms with Crippen molar-refractivity contribution in [1.82, 2.24) is 0 Å². The summed E-state index contributed by atoms with van der Waals surface area (Å²) in [6.45, 7) is 0. The first-order valence-electron chi connectivity index (χ1n) is 9.75. The third-order valence-corrected chi connectivity index (χ3v) is 17.5. The standard InChI is InChI=1S/C26H22P2Se2/c29-27(23-13-5-1-6-14-23,24-15-7-2-8-16-24)21-22-28(30,25-17-9-3-10-18-25)26-19-11-4-12-20-26/h1-22H/b22-21+. The van der Waals surface area contributed by atoms with Crippen molar-refractivity contribution >= 4 is 62.4 Å². The van der Waals surface area contributed by atoms with Crippen molar-refractivity contribution in [2.24, 2.45) is 0 Å². The van der Waals surface area contributed by atoms with Gasteiger partial charge < -0.3 is 0 Å². The number of rotatable bonds is 6. The molecule has 0 heterocycles. The first kappa shape index (κ1) is 21.7. The quantitative estimate of drug-likeness (QED) is 0.234. The summed E-state index contributed by atoms with van der Waals surface area (Å²) in [4.78, 5) is 0. The van der Waals surface area contributed by atoms with Gasteiger partial charge in [0.2, 0.25) is 0 Å². The van der Waals surface area contributed by atoms with Crippen molar-refractivity contribution in [3.05, 3.63) is 133 Å². The molecule has 0 amide bonds. The number of benzene rings is 4. The topological polar surface area (TPSA) is 0 Å². The van der Waals surface area contributed by atoms with Crippen LogP contribution >= 0.6 is 11.0 Å². The van der Waals surface area contributed by atoms with E-state index in [9.17, 15) is 0 Å². The van der Waals surface area contributed by atoms with Gasteiger partial charge in [0.1, 0.15) is 0 Å². The zero-order chi connectivity index (χ0) is 20.9. The number of hydrogen-bond acceptors (Lipinski definition) is 0. The molecule has 0 aliphatic rings. The zero-order valence-corrected chi connectivity index (χ0v) is 21.6. The molecule has 0 atom stereocenters. The van der Waals surface area contributed by atoms with Crippen molar-refractivity contribution in [3.8, 4) is 0 Å². The monoisotopic (exact) mass is 556 g/mol. The molecule has 4 rings (SSSR count). The fraction of sp³-hybridized carbons (Fsp3) is 0. The molecule has 0 spiro atoms. The van der Waals surface area contributed by atoms with Crippen LogP contribution in [0.2, 0.25) is 0 Å². The van der Waals surface area contributed by atoms with Crippen LogP contribution in [0.4, 0.5) is 0 Å². The van der Waals surface area contributed by atoms with Gasteiger partial charge in [-0.15, -0.1) is 0 Å². The van der Waals surface area contributed by atoms with Crippen LogP contribution in [0.3, 0.4) is 0 Å². The Morgan fingerprint density at radius 3 is 0.767 bits per heavy atom. The molecule has 4 aromatic rings. The van der Waals surface area contributed by atoms with E-state index in [-0.39, 0.29) is 0 Å². The molecule has 0 nitrogen and oxygen atoms in total. The van der Waals surface area contributed by atoms with Crippen molar-refractivity contribution in [2.45, 2.75) is 0 Å². The average molecular weight is 554 g/mol. The predicted molar refractivity (Wildman–Crippen MR) is 139 cm³/mol. The Morgan fingerprint density at radius 1 is 0.367 bits per heavy atom. The SMILES string of the molecule is [Se]=P(/C=C/P(=[Se])(c1ccccc1)c1ccccc1)(c1ccccc1)c1ccccc1. The van der Waals surface area contributed by atoms with Gasteiger partial charge in [-0.2, -0.15) is 0 Å². The molecule has 0 radical (unpaired) electrons. The van der Waals surface area contributed by atoms with Crippen LogP contribution in [0.25, 0.3) is 0 Å². The van der Waals surface area contributed by atoms with Crippen LogP contribution in [0.15, 0.2) is 133 Å². The maximum atomic E-state index is 3.63. The molecule has 0 unspecified atom stereocenters. The van der Waals surface area contributed by atoms with Gasteiger partial charge in [-0.1, -0.05) is 0 Å². The van der Waals surface area contributed by atoms with E-state index in [4.69, 9.17) is 0 Å². The summed E-state index contributed by atoms with van der Waals surface area (Å²) in [6.07, 6.45) is 0. The van der Waals surface area contributed by atoms with Crippen molar-refractivity contribution in [1.29, 1.82) is 0 Å². The summed E-state index contributed by atoms with van der Waals surface area (Å²) in [7, 11) is 0. The Bertz CT molecular complexity index is 1030. The van der Waals surface area contributed by atoms with Crippen LogP contribution < -0.4 is 21.2 Å². The molecule has 4 heteroatoms. The van der Waals surface area contributed by atoms with E-state index in [2.05, 4.69) is 163 Å². The summed E-state index contributed by atoms with van der Waals surface area (Å²) >= 11 is 7.25. The summed E-state index contributed by atoms with van der Waals surface area (Å²) in [5, 5.41) is 5.39. The molecule has 0 N–H and O–H groups in total. The van der Waals surface area contributed by atoms with E-state index in [0.29, 0.717) is 0 Å². The fourth-order valence-electron chi connectivity index (χ4n) is 3.43. The molecule has 0 saturated heterocycles. The van der Waals surface area contributed by atoms with Crippen LogP contribution in [-0.4, -0.2) is 30.2 Å². The third-order valence-electron chi connectivity index (χ3n) is 5.05. The summed E-state index contributed by atoms with van der Waals surface area (Å²) in [6, 6.07) is 43.3. The normalized spacial score (nSPS) is 12.1. The molecule has 148 valence electrons. The minimum absolute atomic E-state index is 1.35. The van der Waals surface area contributed by atoms with Crippen molar-refractivity contribution < 1.29 is 0 Å². The van der Waals surface area contributed by atoms with E-state index >= 15 is 0 Å². The molecular weight excluding hydrogens is 532 g/mol. The summed E-state index contributed by atoms with van der Waals surface area (Å²) < 4.78 is 0. The van der Waals surface area contributed by atoms with Gasteiger partial charge in [-0.25, -0.2) is 0 Å². The van der Waals surface area contributed by atoms with Crippen LogP contribution in [0.1, 0.15) is 0 Å². The molecule has 0 fully saturated rings. The Balaban J connectivity index is 1.90. The second-order valence-corrected chi connectivity index (χ2v) is 19.5. The molecule has 30 heavy (non-hydrogen) atoms. The maximum absolute atomic E-state index is 3.63. The zero-order valence-electron chi connectivity index (χ0n) is 16.4. The van der Waals surface area contributed by atoms with Crippen molar-refractivity contribution in [2.75, 3.05) is 0 Å². The molecule has 0 aromatic heterocycles. The van der Waals surface area contributed by atoms with Gasteiger partial charge in [-0.3, -0.25) is 0 Å². The third kappa shape index (κ3) is 4.56. The van der Waals surface area contributed by atoms with E-state index in [1.54, 1.807) is 0 Å². The Labute approximate surface area is 194 Å². The summed E-state index contributed by atoms with van der Waals surface area (Å²) in [5.41, 5.74) is -3.62. The van der Waals surface area contributed by atoms with Gasteiger partial charge in [0.05, 0.1) is 0 Å². The van der Waals surface area contributed by atoms with E-state index in [0.717, 1.165) is 0 Å². The van der Waals surface area contributed by atoms with Crippen LogP contribution in [0.5, 0.6) is 0 Å². The van der Waals surface area contributed by atoms with Crippen LogP contribution in [0, 0.1) is 0 Å². The molecule has 0 aliphatic heterocycles. The number of hydrogen-bond donors (Lipinski definition) is 0. The Kier molecular flexibility index (Phi) is 7.08. The Morgan fingerprint density at radius 2 is 0.567 bits per heavy atom. The van der Waals surface area contributed by atoms with Gasteiger partial charge in [0.15, 0.2) is 0 Å². The van der Waals surface area contributed by atoms with Crippen molar-refractivity contribution in [3.63, 3.8) is 0 Å².